The summed E-state index contributed by atoms with van der Waals surface area (Å²) in [4.78, 5) is 17.4. The molecule has 140 valence electrons. The van der Waals surface area contributed by atoms with E-state index in [2.05, 4.69) is 16.0 Å². The van der Waals surface area contributed by atoms with Crippen LogP contribution in [-0.2, 0) is 4.74 Å². The van der Waals surface area contributed by atoms with Gasteiger partial charge in [0, 0.05) is 41.6 Å². The highest BCUT2D eigenvalue weighted by molar-refractivity contribution is 7.22. The highest BCUT2D eigenvalue weighted by Gasteiger charge is 2.20. The predicted octanol–water partition coefficient (Wildman–Crippen LogP) is 3.84. The van der Waals surface area contributed by atoms with Gasteiger partial charge >= 0.3 is 0 Å². The Kier molecular flexibility index (Phi) is 4.38. The molecule has 0 bridgehead atoms. The topological polar surface area (TPSA) is 77.2 Å². The van der Waals surface area contributed by atoms with Gasteiger partial charge in [-0.05, 0) is 35.9 Å². The standard InChI is InChI=1S/C21H19N5OS/c22-16-3-1-2-15(12-16)20-24-17-13-18(14-4-6-23-7-5-14)28-19(17)21(25-20)26-8-10-27-11-9-26/h1-7,12-13H,8-11,22H2. The lowest BCUT2D eigenvalue weighted by Gasteiger charge is -2.28. The van der Waals surface area contributed by atoms with Crippen molar-refractivity contribution in [2.24, 2.45) is 0 Å². The lowest BCUT2D eigenvalue weighted by atomic mass is 10.2. The first-order chi connectivity index (χ1) is 13.8. The number of ether oxygens (including phenoxy) is 1. The van der Waals surface area contributed by atoms with E-state index >= 15 is 0 Å². The predicted molar refractivity (Wildman–Crippen MR) is 114 cm³/mol. The maximum atomic E-state index is 5.98. The summed E-state index contributed by atoms with van der Waals surface area (Å²) >= 11 is 1.72. The van der Waals surface area contributed by atoms with Crippen LogP contribution in [0.3, 0.4) is 0 Å². The highest BCUT2D eigenvalue weighted by atomic mass is 32.1. The number of rotatable bonds is 3. The van der Waals surface area contributed by atoms with Gasteiger partial charge in [0.25, 0.3) is 0 Å². The van der Waals surface area contributed by atoms with Crippen LogP contribution in [0, 0.1) is 0 Å². The maximum absolute atomic E-state index is 5.98. The first-order valence-electron chi connectivity index (χ1n) is 9.18. The Labute approximate surface area is 166 Å². The van der Waals surface area contributed by atoms with Gasteiger partial charge in [-0.15, -0.1) is 11.3 Å². The summed E-state index contributed by atoms with van der Waals surface area (Å²) in [6.45, 7) is 3.07. The maximum Gasteiger partial charge on any atom is 0.162 e. The Hall–Kier alpha value is -3.03. The molecule has 1 fully saturated rings. The molecule has 4 aromatic rings. The molecule has 1 aliphatic rings. The van der Waals surface area contributed by atoms with Gasteiger partial charge in [0.2, 0.25) is 0 Å². The monoisotopic (exact) mass is 389 g/mol. The number of morpholine rings is 1. The number of thiophene rings is 1. The molecule has 28 heavy (non-hydrogen) atoms. The van der Waals surface area contributed by atoms with Crippen LogP contribution in [0.25, 0.3) is 32.0 Å². The molecule has 0 spiro atoms. The van der Waals surface area contributed by atoms with Crippen molar-refractivity contribution >= 4 is 33.1 Å². The van der Waals surface area contributed by atoms with Crippen molar-refractivity contribution in [3.63, 3.8) is 0 Å². The zero-order valence-corrected chi connectivity index (χ0v) is 16.0. The fourth-order valence-corrected chi connectivity index (χ4v) is 4.49. The van der Waals surface area contributed by atoms with Crippen molar-refractivity contribution in [3.05, 3.63) is 54.9 Å². The van der Waals surface area contributed by atoms with Crippen LogP contribution in [0.4, 0.5) is 11.5 Å². The third-order valence-electron chi connectivity index (χ3n) is 4.77. The number of nitrogens with zero attached hydrogens (tertiary/aromatic N) is 4. The van der Waals surface area contributed by atoms with E-state index in [1.54, 1.807) is 11.3 Å². The Morgan fingerprint density at radius 3 is 2.57 bits per heavy atom. The molecule has 6 nitrogen and oxygen atoms in total. The van der Waals surface area contributed by atoms with Crippen LogP contribution >= 0.6 is 11.3 Å². The van der Waals surface area contributed by atoms with Crippen molar-refractivity contribution in [1.29, 1.82) is 0 Å². The molecule has 0 unspecified atom stereocenters. The van der Waals surface area contributed by atoms with E-state index < -0.39 is 0 Å². The molecular formula is C21H19N5OS. The summed E-state index contributed by atoms with van der Waals surface area (Å²) in [5, 5.41) is 0. The highest BCUT2D eigenvalue weighted by Crippen LogP contribution is 2.38. The zero-order valence-electron chi connectivity index (χ0n) is 15.2. The molecule has 7 heteroatoms. The molecule has 2 N–H and O–H groups in total. The minimum absolute atomic E-state index is 0.695. The van der Waals surface area contributed by atoms with Gasteiger partial charge in [-0.1, -0.05) is 12.1 Å². The molecule has 1 aliphatic heterocycles. The van der Waals surface area contributed by atoms with Crippen molar-refractivity contribution < 1.29 is 4.74 Å². The molecule has 0 saturated carbocycles. The van der Waals surface area contributed by atoms with E-state index in [4.69, 9.17) is 20.4 Å². The lowest BCUT2D eigenvalue weighted by Crippen LogP contribution is -2.36. The summed E-state index contributed by atoms with van der Waals surface area (Å²) in [5.74, 6) is 1.66. The summed E-state index contributed by atoms with van der Waals surface area (Å²) in [7, 11) is 0. The molecule has 1 saturated heterocycles. The van der Waals surface area contributed by atoms with Crippen LogP contribution in [0.15, 0.2) is 54.9 Å². The number of pyridine rings is 1. The third-order valence-corrected chi connectivity index (χ3v) is 5.94. The van der Waals surface area contributed by atoms with Crippen molar-refractivity contribution in [2.75, 3.05) is 36.9 Å². The summed E-state index contributed by atoms with van der Waals surface area (Å²) in [6, 6.07) is 13.9. The van der Waals surface area contributed by atoms with E-state index in [1.165, 1.54) is 0 Å². The van der Waals surface area contributed by atoms with Crippen LogP contribution in [0.2, 0.25) is 0 Å². The average molecular weight is 389 g/mol. The largest absolute Gasteiger partial charge is 0.399 e. The smallest absolute Gasteiger partial charge is 0.162 e. The molecule has 3 aromatic heterocycles. The number of nitrogen functional groups attached to an aromatic ring is 1. The second kappa shape index (κ2) is 7.18. The summed E-state index contributed by atoms with van der Waals surface area (Å²) < 4.78 is 6.63. The average Bonchev–Trinajstić information content (AvgIpc) is 3.19. The van der Waals surface area contributed by atoms with Gasteiger partial charge in [0.05, 0.1) is 23.4 Å². The normalized spacial score (nSPS) is 14.5. The number of anilines is 2. The molecule has 0 radical (unpaired) electrons. The van der Waals surface area contributed by atoms with Crippen LogP contribution in [-0.4, -0.2) is 41.3 Å². The fourth-order valence-electron chi connectivity index (χ4n) is 3.37. The van der Waals surface area contributed by atoms with Crippen LogP contribution in [0.1, 0.15) is 0 Å². The molecule has 4 heterocycles. The van der Waals surface area contributed by atoms with Crippen molar-refractivity contribution in [1.82, 2.24) is 15.0 Å². The Morgan fingerprint density at radius 1 is 0.964 bits per heavy atom. The van der Waals surface area contributed by atoms with Crippen LogP contribution < -0.4 is 10.6 Å². The number of benzene rings is 1. The Balaban J connectivity index is 1.70. The quantitative estimate of drug-likeness (QED) is 0.537. The van der Waals surface area contributed by atoms with Gasteiger partial charge in [-0.3, -0.25) is 4.98 Å². The summed E-state index contributed by atoms with van der Waals surface area (Å²) in [6.07, 6.45) is 3.62. The Morgan fingerprint density at radius 2 is 1.79 bits per heavy atom. The second-order valence-corrected chi connectivity index (χ2v) is 7.71. The minimum Gasteiger partial charge on any atom is -0.399 e. The number of nitrogens with two attached hydrogens (primary N) is 1. The van der Waals surface area contributed by atoms with Gasteiger partial charge < -0.3 is 15.4 Å². The minimum atomic E-state index is 0.695. The molecule has 1 aromatic carbocycles. The van der Waals surface area contributed by atoms with E-state index in [-0.39, 0.29) is 0 Å². The molecular weight excluding hydrogens is 370 g/mol. The molecule has 0 amide bonds. The molecule has 0 atom stereocenters. The second-order valence-electron chi connectivity index (χ2n) is 6.66. The third kappa shape index (κ3) is 3.19. The molecule has 0 aliphatic carbocycles. The van der Waals surface area contributed by atoms with Gasteiger partial charge in [-0.2, -0.15) is 0 Å². The van der Waals surface area contributed by atoms with Gasteiger partial charge in [0.15, 0.2) is 11.6 Å². The number of aromatic nitrogens is 3. The molecule has 5 rings (SSSR count). The summed E-state index contributed by atoms with van der Waals surface area (Å²) in [5.41, 5.74) is 9.70. The fraction of sp³-hybridized carbons (Fsp3) is 0.190. The van der Waals surface area contributed by atoms with Gasteiger partial charge in [-0.25, -0.2) is 9.97 Å². The SMILES string of the molecule is Nc1cccc(-c2nc(N3CCOCC3)c3sc(-c4ccncc4)cc3n2)c1. The lowest BCUT2D eigenvalue weighted by molar-refractivity contribution is 0.122. The van der Waals surface area contributed by atoms with Crippen molar-refractivity contribution in [2.45, 2.75) is 0 Å². The van der Waals surface area contributed by atoms with E-state index in [1.807, 2.05) is 48.8 Å². The Bertz CT molecular complexity index is 1120. The van der Waals surface area contributed by atoms with E-state index in [9.17, 15) is 0 Å². The first kappa shape index (κ1) is 17.1. The number of hydrogen-bond acceptors (Lipinski definition) is 7. The van der Waals surface area contributed by atoms with Crippen LogP contribution in [0.5, 0.6) is 0 Å². The first-order valence-corrected chi connectivity index (χ1v) is 10.0. The van der Waals surface area contributed by atoms with Gasteiger partial charge in [0.1, 0.15) is 0 Å². The van der Waals surface area contributed by atoms with E-state index in [0.717, 1.165) is 45.1 Å². The van der Waals surface area contributed by atoms with E-state index in [0.29, 0.717) is 24.7 Å². The zero-order chi connectivity index (χ0) is 18.9. The number of hydrogen-bond donors (Lipinski definition) is 1. The van der Waals surface area contributed by atoms with Crippen molar-refractivity contribution in [3.8, 4) is 21.8 Å². The number of fused-ring (bicyclic) bond motifs is 1.